The minimum Gasteiger partial charge on any atom is -0.179 e. The van der Waals surface area contributed by atoms with Crippen molar-refractivity contribution in [1.29, 1.82) is 0 Å². The molecule has 0 N–H and O–H groups in total. The Kier molecular flexibility index (Phi) is 6.03. The van der Waals surface area contributed by atoms with Crippen molar-refractivity contribution >= 4 is 44.1 Å². The van der Waals surface area contributed by atoms with Gasteiger partial charge in [0.15, 0.2) is 0 Å². The van der Waals surface area contributed by atoms with E-state index in [0.717, 1.165) is 0 Å². The van der Waals surface area contributed by atoms with Crippen LogP contribution in [-0.2, 0) is 0 Å². The molecule has 0 amide bonds. The fourth-order valence-corrected chi connectivity index (χ4v) is 82.0. The van der Waals surface area contributed by atoms with Crippen LogP contribution in [0.4, 0.5) is 0 Å². The van der Waals surface area contributed by atoms with Gasteiger partial charge in [-0.25, -0.2) is 0 Å². The van der Waals surface area contributed by atoms with Crippen molar-refractivity contribution in [2.45, 2.75) is 77.4 Å². The van der Waals surface area contributed by atoms with Crippen molar-refractivity contribution in [3.8, 4) is 0 Å². The van der Waals surface area contributed by atoms with Crippen LogP contribution in [0, 0.1) is 0 Å². The molecule has 0 rings (SSSR count). The Balaban J connectivity index is 4.95. The van der Waals surface area contributed by atoms with Gasteiger partial charge in [0.1, 0.15) is 5.94 Å². The van der Waals surface area contributed by atoms with Crippen LogP contribution >= 0.6 is 11.1 Å². The lowest BCUT2D eigenvalue weighted by Crippen LogP contribution is -2.57. The largest absolute Gasteiger partial charge is 0.179 e. The number of hydrogen-bond donors (Lipinski definition) is 0. The van der Waals surface area contributed by atoms with Crippen LogP contribution in [0.3, 0.4) is 0 Å². The second kappa shape index (κ2) is 5.65. The van der Waals surface area contributed by atoms with Crippen molar-refractivity contribution in [2.24, 2.45) is 0 Å². The van der Waals surface area contributed by atoms with Crippen molar-refractivity contribution in [3.63, 3.8) is 0 Å². The first-order valence-corrected chi connectivity index (χ1v) is 18.9. The summed E-state index contributed by atoms with van der Waals surface area (Å²) in [6.45, 7) is 21.9. The first-order chi connectivity index (χ1) is 7.12. The van der Waals surface area contributed by atoms with Crippen LogP contribution < -0.4 is 0 Å². The fourth-order valence-electron chi connectivity index (χ4n) is 3.04. The SMILES string of the molecule is CC(C)(C)[SiH2][Si](Cl)([SiH2]C(C)(C)C)[SiH2]C(C)(C)C. The maximum absolute atomic E-state index is 7.32. The minimum atomic E-state index is -1.27. The summed E-state index contributed by atoms with van der Waals surface area (Å²) in [5, 5.41) is 1.68. The van der Waals surface area contributed by atoms with E-state index in [1.807, 2.05) is 0 Å². The van der Waals surface area contributed by atoms with Gasteiger partial charge < -0.3 is 0 Å². The smallest absolute Gasteiger partial charge is 0.112 e. The lowest BCUT2D eigenvalue weighted by Gasteiger charge is -2.39. The van der Waals surface area contributed by atoms with Gasteiger partial charge >= 0.3 is 0 Å². The monoisotopic (exact) mass is 324 g/mol. The standard InChI is InChI=1S/C12H33ClSi4/c1-10(2,3)14-17(13,15-11(4,5)6)16-12(7,8)9/h14-16H2,1-9H3. The van der Waals surface area contributed by atoms with E-state index in [4.69, 9.17) is 11.1 Å². The van der Waals surface area contributed by atoms with Gasteiger partial charge in [-0.15, -0.1) is 0 Å². The van der Waals surface area contributed by atoms with E-state index in [2.05, 4.69) is 62.3 Å². The van der Waals surface area contributed by atoms with Gasteiger partial charge in [0.05, 0.1) is 0 Å². The molecule has 104 valence electrons. The first kappa shape index (κ1) is 18.2. The molecule has 0 unspecified atom stereocenters. The summed E-state index contributed by atoms with van der Waals surface area (Å²) < 4.78 is 0. The molecule has 0 spiro atoms. The molecule has 0 aromatic heterocycles. The van der Waals surface area contributed by atoms with Gasteiger partial charge in [-0.3, -0.25) is 0 Å². The van der Waals surface area contributed by atoms with Gasteiger partial charge in [-0.2, -0.15) is 11.1 Å². The number of rotatable bonds is 3. The topological polar surface area (TPSA) is 0 Å². The van der Waals surface area contributed by atoms with Crippen molar-refractivity contribution in [3.05, 3.63) is 0 Å². The highest BCUT2D eigenvalue weighted by atomic mass is 35.6. The normalized spacial score (nSPS) is 20.1. The van der Waals surface area contributed by atoms with E-state index < -0.39 is 5.94 Å². The summed E-state index contributed by atoms with van der Waals surface area (Å²) in [7, 11) is -0.194. The first-order valence-electron chi connectivity index (χ1n) is 6.81. The van der Waals surface area contributed by atoms with E-state index in [1.165, 1.54) is 0 Å². The molecule has 0 atom stereocenters. The predicted octanol–water partition coefficient (Wildman–Crippen LogP) is 2.82. The molecular formula is C12H33ClSi4. The Hall–Kier alpha value is 1.16. The van der Waals surface area contributed by atoms with E-state index in [1.54, 1.807) is 0 Å². The minimum absolute atomic E-state index is 0.0647. The van der Waals surface area contributed by atoms with Crippen LogP contribution in [0.25, 0.3) is 0 Å². The van der Waals surface area contributed by atoms with Crippen LogP contribution in [-0.4, -0.2) is 33.0 Å². The summed E-state index contributed by atoms with van der Waals surface area (Å²) in [5.74, 6) is -1.27. The van der Waals surface area contributed by atoms with E-state index >= 15 is 0 Å². The fraction of sp³-hybridized carbons (Fsp3) is 1.00. The molecule has 0 aromatic carbocycles. The summed E-state index contributed by atoms with van der Waals surface area (Å²) in [5.41, 5.74) is 0. The Bertz CT molecular complexity index is 204. The molecule has 0 fully saturated rings. The molecule has 0 radical (unpaired) electrons. The van der Waals surface area contributed by atoms with Gasteiger partial charge in [-0.1, -0.05) is 62.3 Å². The van der Waals surface area contributed by atoms with Gasteiger partial charge in [0.2, 0.25) is 0 Å². The second-order valence-electron chi connectivity index (χ2n) is 9.36. The molecular weight excluding hydrogens is 292 g/mol. The van der Waals surface area contributed by atoms with Crippen LogP contribution in [0.5, 0.6) is 0 Å². The van der Waals surface area contributed by atoms with Gasteiger partial charge in [0, 0.05) is 27.1 Å². The summed E-state index contributed by atoms with van der Waals surface area (Å²) >= 11 is 7.32. The lowest BCUT2D eigenvalue weighted by molar-refractivity contribution is 0.754. The third-order valence-corrected chi connectivity index (χ3v) is 40.0. The summed E-state index contributed by atoms with van der Waals surface area (Å²) in [6, 6.07) is 0. The zero-order chi connectivity index (χ0) is 14.1. The molecule has 0 aliphatic rings. The Labute approximate surface area is 121 Å². The molecule has 0 aliphatic carbocycles. The summed E-state index contributed by atoms with van der Waals surface area (Å²) in [6.07, 6.45) is 0. The average Bonchev–Trinajstić information content (AvgIpc) is 1.65. The highest BCUT2D eigenvalue weighted by Gasteiger charge is 2.42. The maximum atomic E-state index is 7.32. The van der Waals surface area contributed by atoms with Crippen LogP contribution in [0.2, 0.25) is 15.1 Å². The molecule has 5 heteroatoms. The van der Waals surface area contributed by atoms with Crippen molar-refractivity contribution in [1.82, 2.24) is 0 Å². The zero-order valence-electron chi connectivity index (χ0n) is 13.5. The van der Waals surface area contributed by atoms with Crippen LogP contribution in [0.15, 0.2) is 0 Å². The molecule has 0 saturated heterocycles. The molecule has 0 heterocycles. The zero-order valence-corrected chi connectivity index (χ0v) is 19.5. The molecule has 0 aliphatic heterocycles. The molecule has 0 aromatic rings. The highest BCUT2D eigenvalue weighted by Crippen LogP contribution is 2.35. The third-order valence-electron chi connectivity index (χ3n) is 2.54. The van der Waals surface area contributed by atoms with E-state index in [0.29, 0.717) is 15.1 Å². The highest BCUT2D eigenvalue weighted by molar-refractivity contribution is 7.85. The quantitative estimate of drug-likeness (QED) is 0.553. The summed E-state index contributed by atoms with van der Waals surface area (Å²) in [4.78, 5) is 0. The predicted molar refractivity (Wildman–Crippen MR) is 96.4 cm³/mol. The van der Waals surface area contributed by atoms with E-state index in [9.17, 15) is 0 Å². The molecule has 0 nitrogen and oxygen atoms in total. The third kappa shape index (κ3) is 10.7. The Morgan fingerprint density at radius 2 is 0.765 bits per heavy atom. The van der Waals surface area contributed by atoms with Gasteiger partial charge in [0.25, 0.3) is 0 Å². The lowest BCUT2D eigenvalue weighted by atomic mass is 10.3. The average molecular weight is 325 g/mol. The van der Waals surface area contributed by atoms with Crippen molar-refractivity contribution < 1.29 is 0 Å². The van der Waals surface area contributed by atoms with Crippen molar-refractivity contribution in [2.75, 3.05) is 0 Å². The van der Waals surface area contributed by atoms with Crippen LogP contribution in [0.1, 0.15) is 62.3 Å². The second-order valence-corrected chi connectivity index (χ2v) is 49.9. The molecule has 17 heavy (non-hydrogen) atoms. The molecule has 0 bridgehead atoms. The Morgan fingerprint density at radius 3 is 0.882 bits per heavy atom. The number of halogens is 1. The van der Waals surface area contributed by atoms with E-state index in [-0.39, 0.29) is 27.1 Å². The number of hydrogen-bond acceptors (Lipinski definition) is 0. The van der Waals surface area contributed by atoms with Gasteiger partial charge in [-0.05, 0) is 15.1 Å². The molecule has 0 saturated carbocycles. The maximum Gasteiger partial charge on any atom is 0.112 e. The Morgan fingerprint density at radius 1 is 0.588 bits per heavy atom.